The van der Waals surface area contributed by atoms with E-state index in [9.17, 15) is 13.2 Å². The van der Waals surface area contributed by atoms with Crippen molar-refractivity contribution in [1.82, 2.24) is 4.31 Å². The average molecular weight is 528 g/mol. The summed E-state index contributed by atoms with van der Waals surface area (Å²) >= 11 is 18.1. The minimum absolute atomic E-state index is 0.0706. The average Bonchev–Trinajstić information content (AvgIpc) is 2.76. The van der Waals surface area contributed by atoms with Gasteiger partial charge in [0, 0.05) is 11.6 Å². The Morgan fingerprint density at radius 2 is 1.67 bits per heavy atom. The van der Waals surface area contributed by atoms with Gasteiger partial charge in [-0.1, -0.05) is 58.6 Å². The highest BCUT2D eigenvalue weighted by Crippen LogP contribution is 2.28. The molecule has 0 heterocycles. The lowest BCUT2D eigenvalue weighted by molar-refractivity contribution is -0.116. The zero-order chi connectivity index (χ0) is 24.2. The van der Waals surface area contributed by atoms with Crippen LogP contribution in [-0.2, 0) is 21.4 Å². The molecule has 6 nitrogen and oxygen atoms in total. The quantitative estimate of drug-likeness (QED) is 0.402. The molecule has 0 aliphatic carbocycles. The number of sulfonamides is 1. The molecule has 3 rings (SSSR count). The molecule has 1 amide bonds. The fourth-order valence-corrected chi connectivity index (χ4v) is 4.93. The molecule has 174 valence electrons. The summed E-state index contributed by atoms with van der Waals surface area (Å²) in [5.74, 6) is -0.170. The maximum absolute atomic E-state index is 13.4. The van der Waals surface area contributed by atoms with Crippen LogP contribution in [0.5, 0.6) is 5.75 Å². The van der Waals surface area contributed by atoms with Gasteiger partial charge in [-0.15, -0.1) is 0 Å². The van der Waals surface area contributed by atoms with E-state index in [-0.39, 0.29) is 16.5 Å². The highest BCUT2D eigenvalue weighted by atomic mass is 35.5. The molecule has 0 saturated carbocycles. The summed E-state index contributed by atoms with van der Waals surface area (Å²) in [5, 5.41) is 3.70. The number of aryl methyl sites for hydroxylation is 1. The van der Waals surface area contributed by atoms with Crippen molar-refractivity contribution in [2.45, 2.75) is 18.4 Å². The molecule has 3 aromatic carbocycles. The SMILES string of the molecule is COc1ccc(Cl)cc1NC(=O)CN(Cc1ccc(Cl)c(Cl)c1)S(=O)(=O)c1ccc(C)cc1. The van der Waals surface area contributed by atoms with Gasteiger partial charge in [-0.2, -0.15) is 4.31 Å². The molecule has 0 atom stereocenters. The number of carbonyl (C=O) groups is 1. The van der Waals surface area contributed by atoms with E-state index >= 15 is 0 Å². The smallest absolute Gasteiger partial charge is 0.243 e. The standard InChI is InChI=1S/C23H21Cl3N2O4S/c1-15-3-7-18(8-4-15)33(30,31)28(13-16-5-9-19(25)20(26)11-16)14-23(29)27-21-12-17(24)6-10-22(21)32-2/h3-12H,13-14H2,1-2H3,(H,27,29). The maximum atomic E-state index is 13.4. The van der Waals surface area contributed by atoms with Crippen LogP contribution in [0.2, 0.25) is 15.1 Å². The van der Waals surface area contributed by atoms with Crippen molar-refractivity contribution in [1.29, 1.82) is 0 Å². The minimum Gasteiger partial charge on any atom is -0.495 e. The lowest BCUT2D eigenvalue weighted by atomic mass is 10.2. The van der Waals surface area contributed by atoms with E-state index in [4.69, 9.17) is 39.5 Å². The first-order valence-electron chi connectivity index (χ1n) is 9.74. The Morgan fingerprint density at radius 3 is 2.30 bits per heavy atom. The molecule has 3 aromatic rings. The Balaban J connectivity index is 1.92. The summed E-state index contributed by atoms with van der Waals surface area (Å²) in [6.07, 6.45) is 0. The van der Waals surface area contributed by atoms with E-state index < -0.39 is 22.5 Å². The van der Waals surface area contributed by atoms with Gasteiger partial charge in [0.1, 0.15) is 5.75 Å². The first-order valence-corrected chi connectivity index (χ1v) is 12.3. The van der Waals surface area contributed by atoms with Gasteiger partial charge in [0.2, 0.25) is 15.9 Å². The van der Waals surface area contributed by atoms with E-state index in [2.05, 4.69) is 5.32 Å². The molecule has 0 aliphatic rings. The second-order valence-corrected chi connectivity index (χ2v) is 10.4. The number of amides is 1. The Morgan fingerprint density at radius 1 is 0.970 bits per heavy atom. The number of hydrogen-bond donors (Lipinski definition) is 1. The number of rotatable bonds is 8. The third kappa shape index (κ3) is 6.40. The van der Waals surface area contributed by atoms with Crippen LogP contribution in [0.4, 0.5) is 5.69 Å². The van der Waals surface area contributed by atoms with Gasteiger partial charge in [0.15, 0.2) is 0 Å². The van der Waals surface area contributed by atoms with Crippen molar-refractivity contribution < 1.29 is 17.9 Å². The Kier molecular flexibility index (Phi) is 8.26. The van der Waals surface area contributed by atoms with Crippen molar-refractivity contribution in [3.05, 3.63) is 86.9 Å². The van der Waals surface area contributed by atoms with Crippen LogP contribution in [0, 0.1) is 6.92 Å². The number of methoxy groups -OCH3 is 1. The molecule has 0 aromatic heterocycles. The highest BCUT2D eigenvalue weighted by Gasteiger charge is 2.27. The third-order valence-electron chi connectivity index (χ3n) is 4.76. The van der Waals surface area contributed by atoms with Crippen molar-refractivity contribution in [3.8, 4) is 5.75 Å². The van der Waals surface area contributed by atoms with Crippen LogP contribution in [-0.4, -0.2) is 32.3 Å². The molecule has 1 N–H and O–H groups in total. The monoisotopic (exact) mass is 526 g/mol. The summed E-state index contributed by atoms with van der Waals surface area (Å²) in [4.78, 5) is 13.0. The first-order chi connectivity index (χ1) is 15.6. The molecular formula is C23H21Cl3N2O4S. The van der Waals surface area contributed by atoms with E-state index in [1.807, 2.05) is 6.92 Å². The summed E-state index contributed by atoms with van der Waals surface area (Å²) in [5.41, 5.74) is 1.82. The maximum Gasteiger partial charge on any atom is 0.243 e. The Hall–Kier alpha value is -2.29. The van der Waals surface area contributed by atoms with Gasteiger partial charge in [0.25, 0.3) is 0 Å². The molecule has 0 unspecified atom stereocenters. The van der Waals surface area contributed by atoms with Crippen molar-refractivity contribution in [2.24, 2.45) is 0 Å². The summed E-state index contributed by atoms with van der Waals surface area (Å²) in [6, 6.07) is 16.0. The van der Waals surface area contributed by atoms with Gasteiger partial charge < -0.3 is 10.1 Å². The number of nitrogens with zero attached hydrogens (tertiary/aromatic N) is 1. The number of anilines is 1. The minimum atomic E-state index is -4.01. The fraction of sp³-hybridized carbons (Fsp3) is 0.174. The predicted molar refractivity (Wildman–Crippen MR) is 132 cm³/mol. The Labute approximate surface area is 208 Å². The number of ether oxygens (including phenoxy) is 1. The molecule has 0 bridgehead atoms. The van der Waals surface area contributed by atoms with E-state index in [0.29, 0.717) is 27.0 Å². The second kappa shape index (κ2) is 10.8. The molecule has 0 fully saturated rings. The van der Waals surface area contributed by atoms with E-state index in [0.717, 1.165) is 9.87 Å². The molecule has 10 heteroatoms. The van der Waals surface area contributed by atoms with Crippen LogP contribution >= 0.6 is 34.8 Å². The second-order valence-electron chi connectivity index (χ2n) is 7.23. The normalized spacial score (nSPS) is 11.5. The summed E-state index contributed by atoms with van der Waals surface area (Å²) < 4.78 is 33.1. The lowest BCUT2D eigenvalue weighted by Gasteiger charge is -2.22. The zero-order valence-corrected chi connectivity index (χ0v) is 20.9. The topological polar surface area (TPSA) is 75.7 Å². The molecule has 0 radical (unpaired) electrons. The van der Waals surface area contributed by atoms with Crippen molar-refractivity contribution in [3.63, 3.8) is 0 Å². The van der Waals surface area contributed by atoms with Crippen LogP contribution in [0.25, 0.3) is 0 Å². The summed E-state index contributed by atoms with van der Waals surface area (Å²) in [6.45, 7) is 1.31. The van der Waals surface area contributed by atoms with Crippen molar-refractivity contribution >= 4 is 56.4 Å². The molecule has 33 heavy (non-hydrogen) atoms. The Bertz CT molecular complexity index is 1270. The van der Waals surface area contributed by atoms with Crippen LogP contribution in [0.15, 0.2) is 65.6 Å². The molecule has 0 spiro atoms. The van der Waals surface area contributed by atoms with E-state index in [1.54, 1.807) is 42.5 Å². The van der Waals surface area contributed by atoms with Gasteiger partial charge in [0.05, 0.1) is 34.3 Å². The van der Waals surface area contributed by atoms with Crippen LogP contribution in [0.1, 0.15) is 11.1 Å². The molecular weight excluding hydrogens is 507 g/mol. The first kappa shape index (κ1) is 25.3. The van der Waals surface area contributed by atoms with Gasteiger partial charge >= 0.3 is 0 Å². The number of hydrogen-bond acceptors (Lipinski definition) is 4. The van der Waals surface area contributed by atoms with Crippen LogP contribution in [0.3, 0.4) is 0 Å². The van der Waals surface area contributed by atoms with Crippen LogP contribution < -0.4 is 10.1 Å². The van der Waals surface area contributed by atoms with Crippen molar-refractivity contribution in [2.75, 3.05) is 19.0 Å². The zero-order valence-electron chi connectivity index (χ0n) is 17.8. The molecule has 0 aliphatic heterocycles. The number of carbonyl (C=O) groups excluding carboxylic acids is 1. The number of halogens is 3. The number of benzene rings is 3. The largest absolute Gasteiger partial charge is 0.495 e. The van der Waals surface area contributed by atoms with Gasteiger partial charge in [-0.05, 0) is 55.0 Å². The fourth-order valence-electron chi connectivity index (χ4n) is 3.05. The lowest BCUT2D eigenvalue weighted by Crippen LogP contribution is -2.37. The third-order valence-corrected chi connectivity index (χ3v) is 7.54. The molecule has 0 saturated heterocycles. The highest BCUT2D eigenvalue weighted by molar-refractivity contribution is 7.89. The number of nitrogens with one attached hydrogen (secondary N) is 1. The van der Waals surface area contributed by atoms with Gasteiger partial charge in [-0.25, -0.2) is 8.42 Å². The summed E-state index contributed by atoms with van der Waals surface area (Å²) in [7, 11) is -2.56. The van der Waals surface area contributed by atoms with Gasteiger partial charge in [-0.3, -0.25) is 4.79 Å². The van der Waals surface area contributed by atoms with E-state index in [1.165, 1.54) is 25.3 Å². The predicted octanol–water partition coefficient (Wildman–Crippen LogP) is 5.79.